The highest BCUT2D eigenvalue weighted by Crippen LogP contribution is 2.31. The van der Waals surface area contributed by atoms with E-state index in [-0.39, 0.29) is 34.9 Å². The molecule has 1 aromatic heterocycles. The molecule has 0 aliphatic carbocycles. The van der Waals surface area contributed by atoms with Gasteiger partial charge in [-0.25, -0.2) is 4.39 Å². The van der Waals surface area contributed by atoms with Gasteiger partial charge in [0.25, 0.3) is 0 Å². The minimum absolute atomic E-state index is 0.0140. The molecule has 1 heterocycles. The van der Waals surface area contributed by atoms with Crippen LogP contribution in [0.2, 0.25) is 0 Å². The van der Waals surface area contributed by atoms with Crippen LogP contribution in [0.15, 0.2) is 93.8 Å². The first-order valence-corrected chi connectivity index (χ1v) is 15.9. The van der Waals surface area contributed by atoms with Crippen molar-refractivity contribution in [3.05, 3.63) is 112 Å². The van der Waals surface area contributed by atoms with E-state index in [1.165, 1.54) is 53.0 Å². The summed E-state index contributed by atoms with van der Waals surface area (Å²) < 4.78 is 65.7. The Balaban J connectivity index is 1.51. The van der Waals surface area contributed by atoms with Crippen molar-refractivity contribution in [2.24, 2.45) is 0 Å². The van der Waals surface area contributed by atoms with Crippen molar-refractivity contribution >= 4 is 28.8 Å². The van der Waals surface area contributed by atoms with Crippen LogP contribution >= 0.6 is 11.8 Å². The molecule has 4 rings (SSSR count). The largest absolute Gasteiger partial charge is 0.611 e. The number of carbonyl (C=O) groups excluding carboxylic acids is 1. The van der Waals surface area contributed by atoms with E-state index in [9.17, 15) is 31.7 Å². The summed E-state index contributed by atoms with van der Waals surface area (Å²) in [7, 11) is 0. The van der Waals surface area contributed by atoms with Crippen LogP contribution in [-0.4, -0.2) is 37.7 Å². The van der Waals surface area contributed by atoms with Gasteiger partial charge in [-0.05, 0) is 64.1 Å². The van der Waals surface area contributed by atoms with E-state index in [2.05, 4.69) is 4.98 Å². The molecule has 0 bridgehead atoms. The molecule has 43 heavy (non-hydrogen) atoms. The molecule has 1 amide bonds. The lowest BCUT2D eigenvalue weighted by Gasteiger charge is -2.24. The third-order valence-corrected chi connectivity index (χ3v) is 8.50. The zero-order valence-electron chi connectivity index (χ0n) is 23.4. The zero-order valence-corrected chi connectivity index (χ0v) is 25.1. The maximum atomic E-state index is 13.5. The fourth-order valence-corrected chi connectivity index (χ4v) is 5.78. The molecular weight excluding hydrogens is 602 g/mol. The van der Waals surface area contributed by atoms with Crippen molar-refractivity contribution in [3.8, 4) is 11.1 Å². The summed E-state index contributed by atoms with van der Waals surface area (Å²) in [4.78, 5) is 31.8. The maximum Gasteiger partial charge on any atom is 0.416 e. The van der Waals surface area contributed by atoms with Crippen molar-refractivity contribution in [3.63, 3.8) is 0 Å². The Morgan fingerprint density at radius 3 is 2.12 bits per heavy atom. The Kier molecular flexibility index (Phi) is 10.7. The van der Waals surface area contributed by atoms with E-state index >= 15 is 0 Å². The van der Waals surface area contributed by atoms with E-state index in [1.807, 2.05) is 19.1 Å². The summed E-state index contributed by atoms with van der Waals surface area (Å²) in [5, 5.41) is 0.272. The molecule has 12 heteroatoms. The molecule has 0 aliphatic heterocycles. The van der Waals surface area contributed by atoms with Gasteiger partial charge < -0.3 is 14.0 Å². The summed E-state index contributed by atoms with van der Waals surface area (Å²) in [5.74, 6) is -0.232. The second-order valence-electron chi connectivity index (χ2n) is 9.78. The number of amides is 1. The van der Waals surface area contributed by atoms with E-state index in [1.54, 1.807) is 29.2 Å². The van der Waals surface area contributed by atoms with Crippen molar-refractivity contribution in [1.82, 2.24) is 14.5 Å². The first-order valence-electron chi connectivity index (χ1n) is 13.3. The average Bonchev–Trinajstić information content (AvgIpc) is 2.97. The minimum Gasteiger partial charge on any atom is -0.611 e. The molecule has 0 fully saturated rings. The van der Waals surface area contributed by atoms with Gasteiger partial charge in [0, 0.05) is 18.8 Å². The Labute approximate surface area is 253 Å². The molecule has 0 saturated carbocycles. The van der Waals surface area contributed by atoms with Gasteiger partial charge in [-0.1, -0.05) is 67.2 Å². The summed E-state index contributed by atoms with van der Waals surface area (Å²) in [6.45, 7) is 2.54. The van der Waals surface area contributed by atoms with Crippen molar-refractivity contribution in [2.45, 2.75) is 48.4 Å². The predicted molar refractivity (Wildman–Crippen MR) is 159 cm³/mol. The minimum atomic E-state index is -4.40. The monoisotopic (exact) mass is 631 g/mol. The maximum absolute atomic E-state index is 13.5. The van der Waals surface area contributed by atoms with Gasteiger partial charge in [-0.3, -0.25) is 9.59 Å². The molecule has 3 aromatic carbocycles. The van der Waals surface area contributed by atoms with Crippen LogP contribution < -0.4 is 5.56 Å². The zero-order chi connectivity index (χ0) is 31.1. The molecule has 0 aliphatic rings. The number of hydrogen-bond acceptors (Lipinski definition) is 5. The quantitative estimate of drug-likeness (QED) is 0.0814. The lowest BCUT2D eigenvalue weighted by Crippen LogP contribution is -2.35. The highest BCUT2D eigenvalue weighted by Gasteiger charge is 2.30. The first kappa shape index (κ1) is 32.3. The summed E-state index contributed by atoms with van der Waals surface area (Å²) in [6.07, 6.45) is -0.943. The van der Waals surface area contributed by atoms with Gasteiger partial charge in [0.1, 0.15) is 18.6 Å². The van der Waals surface area contributed by atoms with Crippen LogP contribution in [0.25, 0.3) is 11.1 Å². The van der Waals surface area contributed by atoms with E-state index in [0.717, 1.165) is 28.8 Å². The Bertz CT molecular complexity index is 1590. The number of alkyl halides is 3. The SMILES string of the molecule is CCCN(Cc1ccc(-c2ccc(C(F)(F)F)cc2)cc1)C(=O)Cn1cc([S+](C)[O-])c(=O)nc1SCc1ccc(F)cc1. The molecule has 6 nitrogen and oxygen atoms in total. The van der Waals surface area contributed by atoms with Crippen LogP contribution in [0.1, 0.15) is 30.0 Å². The van der Waals surface area contributed by atoms with Gasteiger partial charge >= 0.3 is 11.7 Å². The summed E-state index contributed by atoms with van der Waals surface area (Å²) >= 11 is -0.403. The molecular formula is C31H29F4N3O3S2. The fraction of sp³-hybridized carbons (Fsp3) is 0.258. The number of hydrogen-bond donors (Lipinski definition) is 0. The van der Waals surface area contributed by atoms with Crippen LogP contribution in [0.4, 0.5) is 17.6 Å². The highest BCUT2D eigenvalue weighted by atomic mass is 32.2. The second kappa shape index (κ2) is 14.2. The van der Waals surface area contributed by atoms with Crippen molar-refractivity contribution in [1.29, 1.82) is 0 Å². The number of nitrogens with zero attached hydrogens (tertiary/aromatic N) is 3. The Hall–Kier alpha value is -3.61. The van der Waals surface area contributed by atoms with E-state index in [4.69, 9.17) is 0 Å². The fourth-order valence-electron chi connectivity index (χ4n) is 4.29. The molecule has 0 spiro atoms. The third kappa shape index (κ3) is 8.71. The standard InChI is InChI=1S/C31H29F4N3O3S2/c1-3-16-37(17-21-4-8-23(9-5-21)24-10-12-25(13-11-24)31(33,34)35)28(39)19-38-18-27(43(2)41)29(40)36-30(38)42-20-22-6-14-26(32)15-7-22/h4-15,18H,3,16-17,19-20H2,1-2H3. The predicted octanol–water partition coefficient (Wildman–Crippen LogP) is 6.54. The molecule has 0 radical (unpaired) electrons. The lowest BCUT2D eigenvalue weighted by molar-refractivity contribution is -0.137. The summed E-state index contributed by atoms with van der Waals surface area (Å²) in [6, 6.07) is 18.1. The van der Waals surface area contributed by atoms with Crippen LogP contribution in [0.3, 0.4) is 0 Å². The van der Waals surface area contributed by atoms with E-state index in [0.29, 0.717) is 24.3 Å². The number of benzene rings is 3. The Morgan fingerprint density at radius 1 is 0.977 bits per heavy atom. The first-order chi connectivity index (χ1) is 20.4. The highest BCUT2D eigenvalue weighted by molar-refractivity contribution is 7.98. The van der Waals surface area contributed by atoms with Crippen molar-refractivity contribution < 1.29 is 26.9 Å². The van der Waals surface area contributed by atoms with Crippen LogP contribution in [-0.2, 0) is 41.0 Å². The molecule has 0 saturated heterocycles. The number of carbonyl (C=O) groups is 1. The summed E-state index contributed by atoms with van der Waals surface area (Å²) in [5.41, 5.74) is 1.67. The number of halogens is 4. The van der Waals surface area contributed by atoms with Gasteiger partial charge in [0.15, 0.2) is 5.16 Å². The molecule has 0 N–H and O–H groups in total. The topological polar surface area (TPSA) is 78.3 Å². The number of thioether (sulfide) groups is 1. The van der Waals surface area contributed by atoms with Gasteiger partial charge in [-0.2, -0.15) is 18.2 Å². The lowest BCUT2D eigenvalue weighted by atomic mass is 10.0. The molecule has 1 atom stereocenters. The van der Waals surface area contributed by atoms with Crippen molar-refractivity contribution in [2.75, 3.05) is 12.8 Å². The normalized spacial score (nSPS) is 12.3. The van der Waals surface area contributed by atoms with Gasteiger partial charge in [0.2, 0.25) is 10.8 Å². The van der Waals surface area contributed by atoms with Gasteiger partial charge in [0.05, 0.1) is 11.8 Å². The number of aromatic nitrogens is 2. The molecule has 4 aromatic rings. The second-order valence-corrected chi connectivity index (χ2v) is 12.1. The smallest absolute Gasteiger partial charge is 0.416 e. The third-order valence-electron chi connectivity index (χ3n) is 6.54. The van der Waals surface area contributed by atoms with E-state index < -0.39 is 28.5 Å². The number of rotatable bonds is 11. The average molecular weight is 632 g/mol. The van der Waals surface area contributed by atoms with Gasteiger partial charge in [-0.15, -0.1) is 0 Å². The van der Waals surface area contributed by atoms with Crippen LogP contribution in [0, 0.1) is 5.82 Å². The van der Waals surface area contributed by atoms with Crippen LogP contribution in [0.5, 0.6) is 0 Å². The Morgan fingerprint density at radius 2 is 1.56 bits per heavy atom. The molecule has 1 unspecified atom stereocenters. The molecule has 226 valence electrons.